The zero-order chi connectivity index (χ0) is 29.7. The maximum Gasteiger partial charge on any atom is 0.401 e. The van der Waals surface area contributed by atoms with Crippen molar-refractivity contribution in [3.8, 4) is 11.3 Å². The number of para-hydroxylation sites is 1. The average Bonchev–Trinajstić information content (AvgIpc) is 2.99. The third-order valence-corrected chi connectivity index (χ3v) is 7.79. The van der Waals surface area contributed by atoms with Crippen LogP contribution in [0.25, 0.3) is 22.2 Å². The molecular weight excluding hydrogens is 543 g/mol. The van der Waals surface area contributed by atoms with Gasteiger partial charge in [0.15, 0.2) is 0 Å². The van der Waals surface area contributed by atoms with E-state index in [2.05, 4.69) is 37.5 Å². The van der Waals surface area contributed by atoms with E-state index in [-0.39, 0.29) is 11.8 Å². The number of carbonyl (C=O) groups excluding carboxylic acids is 1. The first-order chi connectivity index (χ1) is 20.2. The molecule has 1 amide bonds. The number of aromatic nitrogens is 4. The number of hydrogen-bond acceptors (Lipinski definition) is 7. The maximum atomic E-state index is 12.7. The van der Waals surface area contributed by atoms with Crippen molar-refractivity contribution in [1.29, 1.82) is 0 Å². The number of anilines is 1. The lowest BCUT2D eigenvalue weighted by Crippen LogP contribution is -2.40. The second-order valence-corrected chi connectivity index (χ2v) is 10.8. The summed E-state index contributed by atoms with van der Waals surface area (Å²) in [6, 6.07) is 13.4. The fourth-order valence-electron chi connectivity index (χ4n) is 5.50. The molecule has 0 aliphatic carbocycles. The number of halogens is 3. The van der Waals surface area contributed by atoms with Crippen molar-refractivity contribution in [2.75, 3.05) is 38.5 Å². The van der Waals surface area contributed by atoms with Gasteiger partial charge in [-0.2, -0.15) is 13.2 Å². The Hall–Kier alpha value is -4.12. The van der Waals surface area contributed by atoms with E-state index in [4.69, 9.17) is 0 Å². The molecule has 1 aromatic carbocycles. The molecule has 3 aromatic heterocycles. The molecule has 8 nitrogen and oxygen atoms in total. The van der Waals surface area contributed by atoms with Crippen molar-refractivity contribution in [2.45, 2.75) is 38.3 Å². The highest BCUT2D eigenvalue weighted by Crippen LogP contribution is 2.28. The Morgan fingerprint density at radius 2 is 1.88 bits per heavy atom. The Labute approximate surface area is 242 Å². The Bertz CT molecular complexity index is 1520. The lowest BCUT2D eigenvalue weighted by molar-refractivity contribution is -0.148. The minimum Gasteiger partial charge on any atom is -0.369 e. The fourth-order valence-corrected chi connectivity index (χ4v) is 5.50. The van der Waals surface area contributed by atoms with E-state index in [1.807, 2.05) is 36.4 Å². The van der Waals surface area contributed by atoms with Gasteiger partial charge in [0, 0.05) is 54.6 Å². The first kappa shape index (κ1) is 29.4. The van der Waals surface area contributed by atoms with E-state index in [1.165, 1.54) is 11.2 Å². The SMILES string of the molecule is CNC(=O)c1ccnc2c([C@H](C)CNc3cc(-c4ccc(CC5CCN(CC(F)(F)F)CC5)nc4)ncn3)cccc12. The summed E-state index contributed by atoms with van der Waals surface area (Å²) >= 11 is 0. The molecule has 2 N–H and O–H groups in total. The number of hydrogen-bond donors (Lipinski definition) is 2. The van der Waals surface area contributed by atoms with Crippen LogP contribution in [-0.4, -0.2) is 70.1 Å². The Morgan fingerprint density at radius 3 is 2.60 bits per heavy atom. The van der Waals surface area contributed by atoms with Crippen molar-refractivity contribution in [3.63, 3.8) is 0 Å². The molecule has 1 aliphatic rings. The standard InChI is InChI=1S/C31H34F3N7O/c1-20(24-4-3-5-25-26(30(42)35-2)8-11-36-29(24)25)16-38-28-15-27(39-19-40-28)22-6-7-23(37-17-22)14-21-9-12-41(13-10-21)18-31(32,33)34/h3-8,11,15,17,19-21H,9-10,12-14,16,18H2,1-2H3,(H,35,42)(H,38,39,40)/t20-/m1/s1. The minimum absolute atomic E-state index is 0.0841. The molecule has 1 atom stereocenters. The summed E-state index contributed by atoms with van der Waals surface area (Å²) in [6.45, 7) is 2.79. The Morgan fingerprint density at radius 1 is 1.07 bits per heavy atom. The molecule has 1 aliphatic heterocycles. The van der Waals surface area contributed by atoms with Crippen LogP contribution in [-0.2, 0) is 6.42 Å². The number of alkyl halides is 3. The number of nitrogens with zero attached hydrogens (tertiary/aromatic N) is 5. The van der Waals surface area contributed by atoms with E-state index in [9.17, 15) is 18.0 Å². The smallest absolute Gasteiger partial charge is 0.369 e. The number of rotatable bonds is 9. The topological polar surface area (TPSA) is 95.9 Å². The number of pyridine rings is 2. The van der Waals surface area contributed by atoms with Gasteiger partial charge in [0.1, 0.15) is 12.1 Å². The predicted octanol–water partition coefficient (Wildman–Crippen LogP) is 5.48. The summed E-state index contributed by atoms with van der Waals surface area (Å²) in [6.07, 6.45) is 3.04. The van der Waals surface area contributed by atoms with Crippen molar-refractivity contribution in [2.24, 2.45) is 5.92 Å². The molecule has 42 heavy (non-hydrogen) atoms. The van der Waals surface area contributed by atoms with Gasteiger partial charge in [0.05, 0.1) is 23.3 Å². The van der Waals surface area contributed by atoms with Crippen LogP contribution < -0.4 is 10.6 Å². The lowest BCUT2D eigenvalue weighted by atomic mass is 9.92. The van der Waals surface area contributed by atoms with Gasteiger partial charge in [-0.3, -0.25) is 19.7 Å². The van der Waals surface area contributed by atoms with E-state index in [1.54, 1.807) is 25.5 Å². The fraction of sp³-hybridized carbons (Fsp3) is 0.387. The van der Waals surface area contributed by atoms with E-state index < -0.39 is 12.7 Å². The number of likely N-dealkylation sites (tertiary alicyclic amines) is 1. The zero-order valence-corrected chi connectivity index (χ0v) is 23.7. The molecule has 4 heterocycles. The summed E-state index contributed by atoms with van der Waals surface area (Å²) in [4.78, 5) is 31.8. The second-order valence-electron chi connectivity index (χ2n) is 10.8. The van der Waals surface area contributed by atoms with Gasteiger partial charge in [-0.25, -0.2) is 9.97 Å². The molecule has 0 unspecified atom stereocenters. The number of nitrogens with one attached hydrogen (secondary N) is 2. The zero-order valence-electron chi connectivity index (χ0n) is 23.7. The molecule has 0 radical (unpaired) electrons. The van der Waals surface area contributed by atoms with Gasteiger partial charge in [-0.1, -0.05) is 25.1 Å². The van der Waals surface area contributed by atoms with Gasteiger partial charge in [0.25, 0.3) is 5.91 Å². The number of fused-ring (bicyclic) bond motifs is 1. The summed E-state index contributed by atoms with van der Waals surface area (Å²) in [5, 5.41) is 6.90. The van der Waals surface area contributed by atoms with Crippen molar-refractivity contribution < 1.29 is 18.0 Å². The van der Waals surface area contributed by atoms with E-state index in [0.29, 0.717) is 36.9 Å². The molecule has 0 bridgehead atoms. The third-order valence-electron chi connectivity index (χ3n) is 7.79. The lowest BCUT2D eigenvalue weighted by Gasteiger charge is -2.32. The van der Waals surface area contributed by atoms with E-state index >= 15 is 0 Å². The molecular formula is C31H34F3N7O. The van der Waals surface area contributed by atoms with Crippen LogP contribution in [0, 0.1) is 5.92 Å². The van der Waals surface area contributed by atoms with Crippen LogP contribution in [0.3, 0.4) is 0 Å². The first-order valence-corrected chi connectivity index (χ1v) is 14.1. The summed E-state index contributed by atoms with van der Waals surface area (Å²) < 4.78 is 38.0. The summed E-state index contributed by atoms with van der Waals surface area (Å²) in [7, 11) is 1.61. The van der Waals surface area contributed by atoms with Crippen molar-refractivity contribution >= 4 is 22.6 Å². The quantitative estimate of drug-likeness (QED) is 0.272. The monoisotopic (exact) mass is 577 g/mol. The molecule has 0 spiro atoms. The van der Waals surface area contributed by atoms with Gasteiger partial charge >= 0.3 is 6.18 Å². The number of benzene rings is 1. The molecule has 4 aromatic rings. The highest BCUT2D eigenvalue weighted by atomic mass is 19.4. The average molecular weight is 578 g/mol. The van der Waals surface area contributed by atoms with Crippen molar-refractivity contribution in [1.82, 2.24) is 30.2 Å². The number of amides is 1. The van der Waals surface area contributed by atoms with Crippen LogP contribution in [0.1, 0.15) is 47.3 Å². The van der Waals surface area contributed by atoms with Gasteiger partial charge in [-0.15, -0.1) is 0 Å². The van der Waals surface area contributed by atoms with Crippen LogP contribution in [0.15, 0.2) is 61.2 Å². The second kappa shape index (κ2) is 12.8. The Balaban J connectivity index is 1.19. The molecule has 5 rings (SSSR count). The molecule has 0 saturated carbocycles. The maximum absolute atomic E-state index is 12.7. The highest BCUT2D eigenvalue weighted by molar-refractivity contribution is 6.06. The van der Waals surface area contributed by atoms with Gasteiger partial charge in [-0.05, 0) is 62.0 Å². The summed E-state index contributed by atoms with van der Waals surface area (Å²) in [5.74, 6) is 0.949. The normalized spacial score (nSPS) is 15.5. The molecule has 11 heteroatoms. The Kier molecular flexibility index (Phi) is 8.96. The third kappa shape index (κ3) is 7.20. The van der Waals surface area contributed by atoms with Crippen molar-refractivity contribution in [3.05, 3.63) is 78.0 Å². The predicted molar refractivity (Wildman–Crippen MR) is 156 cm³/mol. The number of piperidine rings is 1. The van der Waals surface area contributed by atoms with Crippen LogP contribution in [0.2, 0.25) is 0 Å². The van der Waals surface area contributed by atoms with E-state index in [0.717, 1.165) is 52.7 Å². The highest BCUT2D eigenvalue weighted by Gasteiger charge is 2.32. The van der Waals surface area contributed by atoms with Crippen LogP contribution in [0.5, 0.6) is 0 Å². The van der Waals surface area contributed by atoms with Gasteiger partial charge in [0.2, 0.25) is 0 Å². The van der Waals surface area contributed by atoms with Crippen LogP contribution in [0.4, 0.5) is 19.0 Å². The van der Waals surface area contributed by atoms with Gasteiger partial charge < -0.3 is 10.6 Å². The first-order valence-electron chi connectivity index (χ1n) is 14.1. The molecule has 1 fully saturated rings. The molecule has 1 saturated heterocycles. The van der Waals surface area contributed by atoms with Crippen LogP contribution >= 0.6 is 0 Å². The molecule has 220 valence electrons. The minimum atomic E-state index is -4.15. The summed E-state index contributed by atoms with van der Waals surface area (Å²) in [5.41, 5.74) is 4.95. The largest absolute Gasteiger partial charge is 0.401 e. The number of carbonyl (C=O) groups is 1.